The van der Waals surface area contributed by atoms with Crippen molar-refractivity contribution in [2.45, 2.75) is 13.1 Å². The van der Waals surface area contributed by atoms with Crippen LogP contribution >= 0.6 is 11.6 Å². The number of nitrogens with zero attached hydrogens (tertiary/aromatic N) is 2. The molecule has 0 saturated heterocycles. The lowest BCUT2D eigenvalue weighted by Crippen LogP contribution is -2.16. The predicted molar refractivity (Wildman–Crippen MR) is 56.8 cm³/mol. The number of hydrogen-bond donors (Lipinski definition) is 0. The number of hydrogen-bond acceptors (Lipinski definition) is 3. The highest BCUT2D eigenvalue weighted by molar-refractivity contribution is 6.67. The van der Waals surface area contributed by atoms with Gasteiger partial charge in [-0.1, -0.05) is 11.6 Å². The summed E-state index contributed by atoms with van der Waals surface area (Å²) >= 11 is 4.96. The van der Waals surface area contributed by atoms with Crippen molar-refractivity contribution in [1.29, 1.82) is 0 Å². The molecular formula is C9H6ClF3N2O2. The van der Waals surface area contributed by atoms with Crippen LogP contribution in [-0.2, 0) is 0 Å². The van der Waals surface area contributed by atoms with Crippen LogP contribution in [0.5, 0.6) is 0 Å². The van der Waals surface area contributed by atoms with Crippen molar-refractivity contribution in [3.05, 3.63) is 33.9 Å². The van der Waals surface area contributed by atoms with Gasteiger partial charge in [-0.25, -0.2) is 4.99 Å². The highest BCUT2D eigenvalue weighted by Gasteiger charge is 2.34. The highest BCUT2D eigenvalue weighted by Crippen LogP contribution is 2.28. The Morgan fingerprint density at radius 2 is 2.06 bits per heavy atom. The quantitative estimate of drug-likeness (QED) is 0.465. The van der Waals surface area contributed by atoms with Gasteiger partial charge in [0, 0.05) is 12.1 Å². The lowest BCUT2D eigenvalue weighted by molar-refractivity contribution is -0.384. The molecule has 0 aliphatic carbocycles. The number of benzene rings is 1. The summed E-state index contributed by atoms with van der Waals surface area (Å²) in [4.78, 5) is 12.9. The summed E-state index contributed by atoms with van der Waals surface area (Å²) in [5.74, 6) is 0. The minimum atomic E-state index is -4.73. The fourth-order valence-corrected chi connectivity index (χ4v) is 1.14. The van der Waals surface area contributed by atoms with E-state index in [4.69, 9.17) is 11.6 Å². The van der Waals surface area contributed by atoms with Gasteiger partial charge in [-0.15, -0.1) is 0 Å². The first-order valence-electron chi connectivity index (χ1n) is 4.28. The van der Waals surface area contributed by atoms with E-state index in [9.17, 15) is 23.3 Å². The molecule has 0 spiro atoms. The van der Waals surface area contributed by atoms with Crippen molar-refractivity contribution < 1.29 is 18.1 Å². The molecule has 1 aromatic rings. The molecule has 0 radical (unpaired) electrons. The topological polar surface area (TPSA) is 55.5 Å². The molecule has 0 aliphatic heterocycles. The summed E-state index contributed by atoms with van der Waals surface area (Å²) < 4.78 is 36.3. The zero-order valence-corrected chi connectivity index (χ0v) is 9.21. The second-order valence-corrected chi connectivity index (χ2v) is 3.49. The van der Waals surface area contributed by atoms with E-state index in [2.05, 4.69) is 4.99 Å². The molecule has 0 fully saturated rings. The van der Waals surface area contributed by atoms with Crippen molar-refractivity contribution in [3.8, 4) is 0 Å². The summed E-state index contributed by atoms with van der Waals surface area (Å²) in [5.41, 5.74) is -0.0379. The van der Waals surface area contributed by atoms with Crippen LogP contribution in [0.25, 0.3) is 0 Å². The number of halogens is 4. The van der Waals surface area contributed by atoms with Gasteiger partial charge in [0.25, 0.3) is 5.69 Å². The molecule has 0 amide bonds. The van der Waals surface area contributed by atoms with Crippen LogP contribution in [0.1, 0.15) is 5.56 Å². The molecule has 0 aliphatic rings. The number of alkyl halides is 3. The Kier molecular flexibility index (Phi) is 3.72. The maximum absolute atomic E-state index is 12.1. The standard InChI is InChI=1S/C9H6ClF3N2O2/c1-5-4-6(15(16)17)2-3-7(5)14-8(10)9(11,12)13/h2-4H,1H3. The maximum Gasteiger partial charge on any atom is 0.444 e. The zero-order valence-electron chi connectivity index (χ0n) is 8.45. The van der Waals surface area contributed by atoms with Gasteiger partial charge in [-0.2, -0.15) is 13.2 Å². The van der Waals surface area contributed by atoms with Gasteiger partial charge in [-0.3, -0.25) is 10.1 Å². The van der Waals surface area contributed by atoms with Gasteiger partial charge in [-0.05, 0) is 18.6 Å². The third-order valence-corrected chi connectivity index (χ3v) is 2.14. The number of rotatable bonds is 2. The third-order valence-electron chi connectivity index (χ3n) is 1.84. The minimum absolute atomic E-state index is 0.0575. The molecule has 0 saturated carbocycles. The van der Waals surface area contributed by atoms with Crippen LogP contribution < -0.4 is 0 Å². The molecule has 0 bridgehead atoms. The minimum Gasteiger partial charge on any atom is -0.258 e. The number of non-ortho nitro benzene ring substituents is 1. The Morgan fingerprint density at radius 1 is 1.47 bits per heavy atom. The van der Waals surface area contributed by atoms with Gasteiger partial charge >= 0.3 is 6.18 Å². The molecule has 1 aromatic carbocycles. The summed E-state index contributed by atoms with van der Waals surface area (Å²) in [7, 11) is 0. The van der Waals surface area contributed by atoms with E-state index in [1.165, 1.54) is 6.92 Å². The molecule has 0 atom stereocenters. The Labute approximate surface area is 98.9 Å². The largest absolute Gasteiger partial charge is 0.444 e. The van der Waals surface area contributed by atoms with Crippen molar-refractivity contribution in [2.75, 3.05) is 0 Å². The molecule has 1 rings (SSSR count). The van der Waals surface area contributed by atoms with E-state index in [-0.39, 0.29) is 16.9 Å². The lowest BCUT2D eigenvalue weighted by atomic mass is 10.2. The lowest BCUT2D eigenvalue weighted by Gasteiger charge is -2.04. The van der Waals surface area contributed by atoms with Crippen molar-refractivity contribution >= 4 is 28.1 Å². The van der Waals surface area contributed by atoms with Crippen LogP contribution in [0.4, 0.5) is 24.5 Å². The highest BCUT2D eigenvalue weighted by atomic mass is 35.5. The Balaban J connectivity index is 3.14. The average Bonchev–Trinajstić information content (AvgIpc) is 2.19. The average molecular weight is 267 g/mol. The van der Waals surface area contributed by atoms with Crippen LogP contribution in [-0.4, -0.2) is 16.3 Å². The van der Waals surface area contributed by atoms with Gasteiger partial charge in [0.1, 0.15) is 0 Å². The van der Waals surface area contributed by atoms with Gasteiger partial charge in [0.2, 0.25) is 5.17 Å². The third kappa shape index (κ3) is 3.42. The fraction of sp³-hybridized carbons (Fsp3) is 0.222. The first-order chi connectivity index (χ1) is 7.71. The maximum atomic E-state index is 12.1. The van der Waals surface area contributed by atoms with Crippen LogP contribution in [0.15, 0.2) is 23.2 Å². The first kappa shape index (κ1) is 13.4. The molecule has 8 heteroatoms. The van der Waals surface area contributed by atoms with Gasteiger partial charge in [0.15, 0.2) is 0 Å². The number of aryl methyl sites for hydroxylation is 1. The van der Waals surface area contributed by atoms with E-state index >= 15 is 0 Å². The fourth-order valence-electron chi connectivity index (χ4n) is 1.05. The number of aliphatic imine (C=N–C) groups is 1. The van der Waals surface area contributed by atoms with Crippen molar-refractivity contribution in [1.82, 2.24) is 0 Å². The van der Waals surface area contributed by atoms with E-state index in [0.29, 0.717) is 0 Å². The van der Waals surface area contributed by atoms with Crippen LogP contribution in [0.2, 0.25) is 0 Å². The summed E-state index contributed by atoms with van der Waals surface area (Å²) in [5, 5.41) is 8.89. The Hall–Kier alpha value is -1.63. The first-order valence-corrected chi connectivity index (χ1v) is 4.66. The Bertz CT molecular complexity index is 486. The smallest absolute Gasteiger partial charge is 0.258 e. The molecule has 17 heavy (non-hydrogen) atoms. The molecule has 0 aromatic heterocycles. The Morgan fingerprint density at radius 3 is 2.47 bits per heavy atom. The van der Waals surface area contributed by atoms with Crippen LogP contribution in [0.3, 0.4) is 0 Å². The van der Waals surface area contributed by atoms with Crippen molar-refractivity contribution in [2.24, 2.45) is 4.99 Å². The second-order valence-electron chi connectivity index (χ2n) is 3.13. The van der Waals surface area contributed by atoms with Crippen LogP contribution in [0, 0.1) is 17.0 Å². The summed E-state index contributed by atoms with van der Waals surface area (Å²) in [6.45, 7) is 1.41. The normalized spacial score (nSPS) is 12.6. The van der Waals surface area contributed by atoms with Crippen molar-refractivity contribution in [3.63, 3.8) is 0 Å². The number of nitro benzene ring substituents is 1. The van der Waals surface area contributed by atoms with E-state index in [0.717, 1.165) is 18.2 Å². The summed E-state index contributed by atoms with van der Waals surface area (Å²) in [6, 6.07) is 3.30. The van der Waals surface area contributed by atoms with Gasteiger partial charge in [0.05, 0.1) is 10.6 Å². The van der Waals surface area contributed by atoms with Gasteiger partial charge < -0.3 is 0 Å². The van der Waals surface area contributed by atoms with E-state index in [1.807, 2.05) is 0 Å². The molecule has 0 unspecified atom stereocenters. The molecular weight excluding hydrogens is 261 g/mol. The molecule has 92 valence electrons. The van der Waals surface area contributed by atoms with E-state index < -0.39 is 16.3 Å². The molecule has 4 nitrogen and oxygen atoms in total. The van der Waals surface area contributed by atoms with E-state index in [1.54, 1.807) is 0 Å². The summed E-state index contributed by atoms with van der Waals surface area (Å²) in [6.07, 6.45) is -4.73. The monoisotopic (exact) mass is 266 g/mol. The molecule has 0 N–H and O–H groups in total. The molecule has 0 heterocycles. The SMILES string of the molecule is Cc1cc([N+](=O)[O-])ccc1N=C(Cl)C(F)(F)F. The predicted octanol–water partition coefficient (Wildman–Crippen LogP) is 3.73. The zero-order chi connectivity index (χ0) is 13.2. The second kappa shape index (κ2) is 4.70. The number of nitro groups is 1.